The minimum atomic E-state index is 0.643. The van der Waals surface area contributed by atoms with Crippen molar-refractivity contribution in [3.63, 3.8) is 0 Å². The number of nitrogens with two attached hydrogens (primary N) is 1. The molecule has 2 N–H and O–H groups in total. The van der Waals surface area contributed by atoms with Crippen LogP contribution in [0.5, 0.6) is 0 Å². The van der Waals surface area contributed by atoms with Crippen LogP contribution in [0.3, 0.4) is 0 Å². The molecule has 76 valence electrons. The van der Waals surface area contributed by atoms with E-state index in [9.17, 15) is 0 Å². The van der Waals surface area contributed by atoms with Crippen LogP contribution in [-0.4, -0.2) is 10.6 Å². The maximum Gasteiger partial charge on any atom is 0.0809 e. The monoisotopic (exact) mass is 302 g/mol. The van der Waals surface area contributed by atoms with E-state index in [1.165, 1.54) is 31.5 Å². The molecule has 1 aromatic carbocycles. The van der Waals surface area contributed by atoms with Gasteiger partial charge in [0.25, 0.3) is 0 Å². The second-order valence-electron chi connectivity index (χ2n) is 3.72. The summed E-state index contributed by atoms with van der Waals surface area (Å²) in [6.07, 6.45) is 3.97. The van der Waals surface area contributed by atoms with Gasteiger partial charge < -0.3 is 10.6 Å². The molecule has 0 aromatic heterocycles. The third-order valence-corrected chi connectivity index (χ3v) is 3.95. The summed E-state index contributed by atoms with van der Waals surface area (Å²) in [5, 5.41) is 0. The standard InChI is InChI=1S/C11H15IN2/c12-11-3-1-2-8-14(11)10-6-4-9(13)5-7-10/h4-7,11H,1-3,8,13H2. The van der Waals surface area contributed by atoms with E-state index in [1.54, 1.807) is 0 Å². The van der Waals surface area contributed by atoms with Crippen LogP contribution in [0.25, 0.3) is 0 Å². The number of piperidine rings is 1. The SMILES string of the molecule is Nc1ccc(N2CCCCC2I)cc1. The van der Waals surface area contributed by atoms with Crippen molar-refractivity contribution >= 4 is 34.0 Å². The molecule has 0 saturated carbocycles. The summed E-state index contributed by atoms with van der Waals surface area (Å²) in [6.45, 7) is 1.18. The molecule has 1 fully saturated rings. The second kappa shape index (κ2) is 4.38. The number of nitrogens with zero attached hydrogens (tertiary/aromatic N) is 1. The highest BCUT2D eigenvalue weighted by atomic mass is 127. The smallest absolute Gasteiger partial charge is 0.0809 e. The van der Waals surface area contributed by atoms with E-state index >= 15 is 0 Å². The Hall–Kier alpha value is -0.450. The third-order valence-electron chi connectivity index (χ3n) is 2.65. The number of hydrogen-bond acceptors (Lipinski definition) is 2. The van der Waals surface area contributed by atoms with E-state index < -0.39 is 0 Å². The number of alkyl halides is 1. The summed E-state index contributed by atoms with van der Waals surface area (Å²) >= 11 is 2.53. The van der Waals surface area contributed by atoms with Crippen LogP contribution >= 0.6 is 22.6 Å². The van der Waals surface area contributed by atoms with Crippen molar-refractivity contribution in [1.82, 2.24) is 0 Å². The minimum absolute atomic E-state index is 0.643. The van der Waals surface area contributed by atoms with E-state index in [2.05, 4.69) is 39.6 Å². The van der Waals surface area contributed by atoms with E-state index in [1.807, 2.05) is 12.1 Å². The number of rotatable bonds is 1. The predicted octanol–water partition coefficient (Wildman–Crippen LogP) is 3.02. The molecule has 1 atom stereocenters. The van der Waals surface area contributed by atoms with E-state index in [4.69, 9.17) is 5.73 Å². The van der Waals surface area contributed by atoms with Crippen molar-refractivity contribution in [2.45, 2.75) is 23.3 Å². The van der Waals surface area contributed by atoms with Gasteiger partial charge in [-0.25, -0.2) is 0 Å². The van der Waals surface area contributed by atoms with Gasteiger partial charge in [0.15, 0.2) is 0 Å². The van der Waals surface area contributed by atoms with Crippen LogP contribution in [0, 0.1) is 0 Å². The molecule has 3 heteroatoms. The summed E-state index contributed by atoms with van der Waals surface area (Å²) in [5.41, 5.74) is 7.82. The summed E-state index contributed by atoms with van der Waals surface area (Å²) in [5.74, 6) is 0. The molecule has 14 heavy (non-hydrogen) atoms. The lowest BCUT2D eigenvalue weighted by Gasteiger charge is -2.34. The molecular weight excluding hydrogens is 287 g/mol. The molecule has 1 aliphatic rings. The van der Waals surface area contributed by atoms with Gasteiger partial charge in [0.1, 0.15) is 0 Å². The van der Waals surface area contributed by atoms with Crippen LogP contribution < -0.4 is 10.6 Å². The van der Waals surface area contributed by atoms with Gasteiger partial charge in [-0.15, -0.1) is 0 Å². The van der Waals surface area contributed by atoms with Gasteiger partial charge in [-0.3, -0.25) is 0 Å². The number of hydrogen-bond donors (Lipinski definition) is 1. The molecule has 1 aliphatic heterocycles. The molecule has 1 heterocycles. The van der Waals surface area contributed by atoms with Gasteiger partial charge in [-0.05, 0) is 43.5 Å². The second-order valence-corrected chi connectivity index (χ2v) is 5.15. The summed E-state index contributed by atoms with van der Waals surface area (Å²) in [7, 11) is 0. The van der Waals surface area contributed by atoms with Crippen LogP contribution in [0.4, 0.5) is 11.4 Å². The summed E-state index contributed by atoms with van der Waals surface area (Å²) in [6, 6.07) is 8.19. The first kappa shape index (κ1) is 10.1. The van der Waals surface area contributed by atoms with Crippen molar-refractivity contribution in [2.75, 3.05) is 17.2 Å². The van der Waals surface area contributed by atoms with E-state index in [0.29, 0.717) is 4.05 Å². The number of benzene rings is 1. The van der Waals surface area contributed by atoms with Crippen molar-refractivity contribution < 1.29 is 0 Å². The first-order chi connectivity index (χ1) is 6.77. The van der Waals surface area contributed by atoms with Gasteiger partial charge >= 0.3 is 0 Å². The lowest BCUT2D eigenvalue weighted by molar-refractivity contribution is 0.564. The first-order valence-corrected chi connectivity index (χ1v) is 6.28. The fourth-order valence-corrected chi connectivity index (χ4v) is 2.89. The summed E-state index contributed by atoms with van der Waals surface area (Å²) in [4.78, 5) is 2.46. The molecule has 1 unspecified atom stereocenters. The lowest BCUT2D eigenvalue weighted by atomic mass is 10.1. The van der Waals surface area contributed by atoms with Crippen LogP contribution in [0.15, 0.2) is 24.3 Å². The van der Waals surface area contributed by atoms with Crippen LogP contribution in [0.2, 0.25) is 0 Å². The highest BCUT2D eigenvalue weighted by molar-refractivity contribution is 14.1. The van der Waals surface area contributed by atoms with Crippen LogP contribution in [0.1, 0.15) is 19.3 Å². The molecular formula is C11H15IN2. The first-order valence-electron chi connectivity index (χ1n) is 5.03. The molecule has 0 spiro atoms. The zero-order valence-electron chi connectivity index (χ0n) is 8.12. The van der Waals surface area contributed by atoms with Crippen molar-refractivity contribution in [3.8, 4) is 0 Å². The summed E-state index contributed by atoms with van der Waals surface area (Å²) < 4.78 is 0.643. The van der Waals surface area contributed by atoms with Gasteiger partial charge in [-0.2, -0.15) is 0 Å². The number of nitrogen functional groups attached to an aromatic ring is 1. The zero-order chi connectivity index (χ0) is 9.97. The van der Waals surface area contributed by atoms with E-state index in [0.717, 1.165) is 5.69 Å². The van der Waals surface area contributed by atoms with Gasteiger partial charge in [-0.1, -0.05) is 22.6 Å². The maximum atomic E-state index is 5.67. The predicted molar refractivity (Wildman–Crippen MR) is 69.9 cm³/mol. The average molecular weight is 302 g/mol. The van der Waals surface area contributed by atoms with Gasteiger partial charge in [0.2, 0.25) is 0 Å². The van der Waals surface area contributed by atoms with Crippen molar-refractivity contribution in [3.05, 3.63) is 24.3 Å². The zero-order valence-corrected chi connectivity index (χ0v) is 10.3. The van der Waals surface area contributed by atoms with E-state index in [-0.39, 0.29) is 0 Å². The minimum Gasteiger partial charge on any atom is -0.399 e. The number of anilines is 2. The molecule has 1 saturated heterocycles. The van der Waals surface area contributed by atoms with Gasteiger partial charge in [0.05, 0.1) is 4.05 Å². The molecule has 2 rings (SSSR count). The Balaban J connectivity index is 2.16. The maximum absolute atomic E-state index is 5.67. The normalized spacial score (nSPS) is 22.4. The molecule has 0 amide bonds. The quantitative estimate of drug-likeness (QED) is 0.374. The molecule has 0 radical (unpaired) electrons. The number of halogens is 1. The molecule has 0 bridgehead atoms. The fourth-order valence-electron chi connectivity index (χ4n) is 1.85. The van der Waals surface area contributed by atoms with Gasteiger partial charge in [0, 0.05) is 17.9 Å². The highest BCUT2D eigenvalue weighted by Crippen LogP contribution is 2.28. The molecule has 0 aliphatic carbocycles. The molecule has 1 aromatic rings. The Morgan fingerprint density at radius 1 is 1.21 bits per heavy atom. The topological polar surface area (TPSA) is 29.3 Å². The average Bonchev–Trinajstić information content (AvgIpc) is 2.20. The largest absolute Gasteiger partial charge is 0.399 e. The van der Waals surface area contributed by atoms with Crippen LogP contribution in [-0.2, 0) is 0 Å². The van der Waals surface area contributed by atoms with Crippen molar-refractivity contribution in [1.29, 1.82) is 0 Å². The highest BCUT2D eigenvalue weighted by Gasteiger charge is 2.19. The Morgan fingerprint density at radius 3 is 2.57 bits per heavy atom. The fraction of sp³-hybridized carbons (Fsp3) is 0.455. The van der Waals surface area contributed by atoms with Crippen molar-refractivity contribution in [2.24, 2.45) is 0 Å². The third kappa shape index (κ3) is 2.13. The Kier molecular flexibility index (Phi) is 3.15. The Bertz CT molecular complexity index is 297. The Labute approximate surface area is 98.6 Å². The molecule has 2 nitrogen and oxygen atoms in total. The lowest BCUT2D eigenvalue weighted by Crippen LogP contribution is -2.35. The Morgan fingerprint density at radius 2 is 1.93 bits per heavy atom.